The number of nitrogens with one attached hydrogen (secondary N) is 1. The van der Waals surface area contributed by atoms with Crippen molar-refractivity contribution in [3.8, 4) is 0 Å². The van der Waals surface area contributed by atoms with Gasteiger partial charge in [-0.1, -0.05) is 85.0 Å². The average molecular weight is 1490 g/mol. The summed E-state index contributed by atoms with van der Waals surface area (Å²) in [6.45, 7) is 25.0. The van der Waals surface area contributed by atoms with E-state index < -0.39 is 69.5 Å². The molecule has 0 atom stereocenters. The lowest BCUT2D eigenvalue weighted by molar-refractivity contribution is -0.390. The predicted molar refractivity (Wildman–Crippen MR) is 345 cm³/mol. The lowest BCUT2D eigenvalue weighted by Crippen LogP contribution is -2.41. The van der Waals surface area contributed by atoms with Crippen LogP contribution in [0.2, 0.25) is 0 Å². The van der Waals surface area contributed by atoms with Gasteiger partial charge in [0.15, 0.2) is 23.3 Å². The Kier molecular flexibility index (Phi) is 22.3. The molecule has 0 unspecified atom stereocenters. The Morgan fingerprint density at radius 1 is 0.568 bits per heavy atom. The van der Waals surface area contributed by atoms with Crippen molar-refractivity contribution in [1.82, 2.24) is 19.1 Å². The number of carbonyl (C=O) groups excluding carboxylic acids is 1. The van der Waals surface area contributed by atoms with Crippen LogP contribution < -0.4 is 16.5 Å². The molecule has 7 aromatic rings. The van der Waals surface area contributed by atoms with Crippen LogP contribution in [0.3, 0.4) is 0 Å². The second-order valence-electron chi connectivity index (χ2n) is 25.4. The highest BCUT2D eigenvalue weighted by Gasteiger charge is 2.52. The van der Waals surface area contributed by atoms with E-state index in [2.05, 4.69) is 135 Å². The van der Waals surface area contributed by atoms with Gasteiger partial charge in [0.05, 0.1) is 32.7 Å². The number of hydrogen-bond acceptors (Lipinski definition) is 10. The van der Waals surface area contributed by atoms with Crippen LogP contribution in [0.4, 0.5) is 52.2 Å². The molecule has 12 rings (SSSR count). The van der Waals surface area contributed by atoms with E-state index in [1.54, 1.807) is 0 Å². The van der Waals surface area contributed by atoms with Gasteiger partial charge in [-0.3, -0.25) is 19.9 Å². The molecule has 0 bridgehead atoms. The smallest absolute Gasteiger partial charge is 0.399 e. The Morgan fingerprint density at radius 3 is 1.38 bits per heavy atom. The van der Waals surface area contributed by atoms with Gasteiger partial charge in [-0.15, -0.1) is 0 Å². The van der Waals surface area contributed by atoms with Crippen LogP contribution in [-0.4, -0.2) is 59.5 Å². The largest absolute Gasteiger partial charge is 0.495 e. The molecule has 26 heteroatoms. The summed E-state index contributed by atoms with van der Waals surface area (Å²) in [5.74, 6) is -2.63. The van der Waals surface area contributed by atoms with Gasteiger partial charge < -0.3 is 29.5 Å². The molecule has 5 aromatic carbocycles. The number of nitro benzene ring substituents is 1. The maximum absolute atomic E-state index is 14.7. The number of Topliss-reactive ketones (excluding diaryl/α,β-unsaturated/α-hetero) is 1. The zero-order chi connectivity index (χ0) is 64.8. The molecule has 0 amide bonds. The molecule has 1 saturated heterocycles. The number of anilines is 2. The van der Waals surface area contributed by atoms with Crippen LogP contribution >= 0.6 is 63.7 Å². The summed E-state index contributed by atoms with van der Waals surface area (Å²) in [6, 6.07) is 13.2. The number of benzene rings is 5. The minimum atomic E-state index is -1.19. The van der Waals surface area contributed by atoms with Crippen LogP contribution in [0.25, 0.3) is 22.1 Å². The Morgan fingerprint density at radius 2 is 0.977 bits per heavy atom. The number of hydrogen-bond donors (Lipinski definition) is 2. The monoisotopic (exact) mass is 1490 g/mol. The average Bonchev–Trinajstić information content (AvgIpc) is 1.80. The molecule has 2 fully saturated rings. The normalized spacial score (nSPS) is 18.2. The van der Waals surface area contributed by atoms with Crippen molar-refractivity contribution in [3.05, 3.63) is 147 Å². The number of aryl methyl sites for hydroxylation is 2. The summed E-state index contributed by atoms with van der Waals surface area (Å²) in [6.07, 6.45) is 8.20. The number of carbonyl (C=O) groups is 1. The van der Waals surface area contributed by atoms with Gasteiger partial charge in [-0.2, -0.15) is 8.78 Å². The third-order valence-corrected chi connectivity index (χ3v) is 17.7. The summed E-state index contributed by atoms with van der Waals surface area (Å²) in [7, 11) is -0.565. The van der Waals surface area contributed by atoms with E-state index in [0.29, 0.717) is 48.9 Å². The van der Waals surface area contributed by atoms with Crippen molar-refractivity contribution >= 4 is 127 Å². The topological polar surface area (TPSA) is 165 Å². The summed E-state index contributed by atoms with van der Waals surface area (Å²) in [5.41, 5.74) is 5.92. The van der Waals surface area contributed by atoms with E-state index in [9.17, 15) is 50.0 Å². The quantitative estimate of drug-likeness (QED) is 0.0576. The van der Waals surface area contributed by atoms with Gasteiger partial charge in [0, 0.05) is 61.1 Å². The molecule has 3 N–H and O–H groups in total. The zero-order valence-electron chi connectivity index (χ0n) is 50.1. The zero-order valence-corrected chi connectivity index (χ0v) is 56.4. The summed E-state index contributed by atoms with van der Waals surface area (Å²) < 4.78 is 124. The standard InChI is InChI=1S/C18H24BFN2O2.C12H13BrF2N2.C12H12BrFN2.C7H12O.C6H2BrF2NO2.C6H4BrF2N.CH4/c1-16(2)8-7-14-21-15-12(20)9-11(10-13(15)22(14)16)19-23-17(3,4)18(5,6)24-19;1-12(2)4-3-10(17-12)16-11-8(14)5-7(13)6-9(11)15;1-12(2)4-3-10-15-11-8(14)5-7(13)6-9(11)16(10)12;1-7(2)4-3-6(8)5-7;7-3-1-4(8)6(10(11)12)5(9)2-3;7-3-1-4(8)6(10)5(9)2-3;/h9-10H,7-8H2,1-6H3;5-6H,3-4H2,1-2H3,(H,16,17);5-6H,3-4H2,1-2H3;3-5H2,1-2H3;1-2H;1-2H,10H2;1H4. The van der Waals surface area contributed by atoms with E-state index in [-0.39, 0.29) is 45.8 Å². The number of amidine groups is 1. The van der Waals surface area contributed by atoms with E-state index >= 15 is 0 Å². The van der Waals surface area contributed by atoms with Gasteiger partial charge in [0.2, 0.25) is 11.6 Å². The highest BCUT2D eigenvalue weighted by Crippen LogP contribution is 2.41. The van der Waals surface area contributed by atoms with Crippen LogP contribution in [0.1, 0.15) is 147 Å². The molecule has 5 aliphatic rings. The van der Waals surface area contributed by atoms with Gasteiger partial charge in [-0.05, 0) is 166 Å². The Labute approximate surface area is 541 Å². The van der Waals surface area contributed by atoms with Crippen molar-refractivity contribution < 1.29 is 54.1 Å². The molecule has 1 saturated carbocycles. The van der Waals surface area contributed by atoms with Crippen molar-refractivity contribution in [2.75, 3.05) is 11.1 Å². The maximum Gasteiger partial charge on any atom is 0.495 e. The lowest BCUT2D eigenvalue weighted by Gasteiger charge is -2.32. The molecule has 1 aliphatic carbocycles. The number of ketones is 1. The number of aromatic nitrogens is 4. The maximum atomic E-state index is 14.7. The lowest BCUT2D eigenvalue weighted by atomic mass is 9.79. The number of nitrogen functional groups attached to an aromatic ring is 1. The minimum Gasteiger partial charge on any atom is -0.399 e. The first-order valence-corrected chi connectivity index (χ1v) is 30.9. The molecule has 0 radical (unpaired) electrons. The number of rotatable bonds is 3. The second kappa shape index (κ2) is 27.3. The van der Waals surface area contributed by atoms with E-state index in [4.69, 9.17) is 15.0 Å². The predicted octanol–water partition coefficient (Wildman–Crippen LogP) is 18.2. The SMILES string of the molecule is C.CC1(C)CCC(=O)C1.CC1(C)CCC(Nc2c(F)cc(Br)cc2F)=N1.CC1(C)CCc2nc3c(F)cc(B4OC(C)(C)C(C)(C)O4)cc3n21.CC1(C)CCc2nc3c(F)cc(Br)cc3n21.Nc1c(F)cc(Br)cc1F.O=[N+]([O-])c1c(F)cc(Br)cc1F. The van der Waals surface area contributed by atoms with E-state index in [0.717, 1.165) is 103 Å². The number of nitrogens with two attached hydrogens (primary N) is 1. The first-order chi connectivity index (χ1) is 40.1. The van der Waals surface area contributed by atoms with Gasteiger partial charge in [0.1, 0.15) is 57.3 Å². The van der Waals surface area contributed by atoms with Gasteiger partial charge in [0.25, 0.3) is 0 Å². The summed E-state index contributed by atoms with van der Waals surface area (Å²) >= 11 is 12.1. The van der Waals surface area contributed by atoms with E-state index in [1.165, 1.54) is 24.3 Å². The van der Waals surface area contributed by atoms with Crippen LogP contribution in [0.5, 0.6) is 0 Å². The fourth-order valence-electron chi connectivity index (χ4n) is 10.5. The molecule has 88 heavy (non-hydrogen) atoms. The first-order valence-electron chi connectivity index (χ1n) is 27.8. The molecule has 4 aliphatic heterocycles. The van der Waals surface area contributed by atoms with Crippen LogP contribution in [0, 0.1) is 62.1 Å². The molecule has 13 nitrogen and oxygen atoms in total. The number of imidazole rings is 2. The van der Waals surface area contributed by atoms with Crippen molar-refractivity contribution in [2.45, 2.75) is 176 Å². The van der Waals surface area contributed by atoms with E-state index in [1.807, 2.05) is 53.7 Å². The molecular weight excluding hydrogens is 1420 g/mol. The van der Waals surface area contributed by atoms with Crippen molar-refractivity contribution in [3.63, 3.8) is 0 Å². The van der Waals surface area contributed by atoms with Gasteiger partial charge in [-0.25, -0.2) is 36.3 Å². The van der Waals surface area contributed by atoms with Crippen LogP contribution in [-0.2, 0) is 38.0 Å². The minimum absolute atomic E-state index is 0. The highest BCUT2D eigenvalue weighted by molar-refractivity contribution is 9.11. The fraction of sp³-hybridized carbons (Fsp3) is 0.452. The molecule has 476 valence electrons. The fourth-order valence-corrected chi connectivity index (χ4v) is 12.1. The third-order valence-electron chi connectivity index (χ3n) is 15.9. The van der Waals surface area contributed by atoms with Crippen molar-refractivity contribution in [2.24, 2.45) is 10.4 Å². The molecule has 6 heterocycles. The number of fused-ring (bicyclic) bond motifs is 6. The summed E-state index contributed by atoms with van der Waals surface area (Å²) in [5, 5.41) is 12.8. The second-order valence-corrected chi connectivity index (χ2v) is 29.1. The summed E-state index contributed by atoms with van der Waals surface area (Å²) in [4.78, 5) is 32.9. The Bertz CT molecular complexity index is 3750. The number of aliphatic imine (C=N–C) groups is 1. The van der Waals surface area contributed by atoms with Crippen LogP contribution in [0.15, 0.2) is 83.5 Å². The number of halogens is 12. The number of nitro groups is 1. The Balaban J connectivity index is 0.000000174. The number of nitrogens with zero attached hydrogens (tertiary/aromatic N) is 6. The molecule has 0 spiro atoms. The highest BCUT2D eigenvalue weighted by atomic mass is 79.9. The Hall–Kier alpha value is -5.28. The third kappa shape index (κ3) is 16.6. The first kappa shape index (κ1) is 71.8. The van der Waals surface area contributed by atoms with Crippen molar-refractivity contribution in [1.29, 1.82) is 0 Å². The molecular formula is C62H71BBr4F8N8O5. The van der Waals surface area contributed by atoms with Gasteiger partial charge >= 0.3 is 12.8 Å². The molecule has 2 aromatic heterocycles.